The molecule has 2 rings (SSSR count). The van der Waals surface area contributed by atoms with Gasteiger partial charge in [-0.05, 0) is 56.5 Å². The molecule has 0 radical (unpaired) electrons. The van der Waals surface area contributed by atoms with Crippen LogP contribution < -0.4 is 10.5 Å². The van der Waals surface area contributed by atoms with Gasteiger partial charge < -0.3 is 10.5 Å². The molecule has 0 aromatic heterocycles. The van der Waals surface area contributed by atoms with Crippen molar-refractivity contribution >= 4 is 37.5 Å². The molecule has 0 aliphatic heterocycles. The minimum Gasteiger partial charge on any atom is -0.454 e. The van der Waals surface area contributed by atoms with Gasteiger partial charge in [0, 0.05) is 12.1 Å². The average Bonchev–Trinajstić information content (AvgIpc) is 2.29. The Hall–Kier alpha value is -1.07. The molecule has 0 heterocycles. The molecule has 94 valence electrons. The number of hydrogen-bond donors (Lipinski definition) is 1. The number of nitrogens with two attached hydrogens (primary N) is 1. The maximum Gasteiger partial charge on any atom is 0.151 e. The molecule has 0 fully saturated rings. The highest BCUT2D eigenvalue weighted by atomic mass is 79.9. The molecular formula is C13H10Br2FNO. The molecule has 0 atom stereocenters. The standard InChI is InChI=1S/C13H10Br2FNO/c1-7-2-3-12(9(15)4-7)18-13-5-8(14)10(16)6-11(13)17/h2-6H,17H2,1H3. The Balaban J connectivity index is 2.37. The molecular weight excluding hydrogens is 365 g/mol. The molecule has 2 aromatic rings. The normalized spacial score (nSPS) is 10.4. The lowest BCUT2D eigenvalue weighted by Gasteiger charge is -2.11. The lowest BCUT2D eigenvalue weighted by molar-refractivity contribution is 0.479. The van der Waals surface area contributed by atoms with Crippen molar-refractivity contribution in [2.75, 3.05) is 5.73 Å². The van der Waals surface area contributed by atoms with Gasteiger partial charge in [0.15, 0.2) is 5.75 Å². The van der Waals surface area contributed by atoms with Crippen molar-refractivity contribution in [3.63, 3.8) is 0 Å². The van der Waals surface area contributed by atoms with E-state index >= 15 is 0 Å². The number of halogens is 3. The largest absolute Gasteiger partial charge is 0.454 e. The van der Waals surface area contributed by atoms with Crippen LogP contribution in [0, 0.1) is 12.7 Å². The third-order valence-corrected chi connectivity index (χ3v) is 3.59. The molecule has 5 heteroatoms. The first kappa shape index (κ1) is 13.4. The van der Waals surface area contributed by atoms with E-state index < -0.39 is 5.82 Å². The summed E-state index contributed by atoms with van der Waals surface area (Å²) < 4.78 is 20.0. The van der Waals surface area contributed by atoms with Gasteiger partial charge in [0.1, 0.15) is 11.6 Å². The van der Waals surface area contributed by atoms with E-state index in [9.17, 15) is 4.39 Å². The monoisotopic (exact) mass is 373 g/mol. The number of rotatable bonds is 2. The highest BCUT2D eigenvalue weighted by Crippen LogP contribution is 2.35. The summed E-state index contributed by atoms with van der Waals surface area (Å²) in [6, 6.07) is 8.42. The number of ether oxygens (including phenoxy) is 1. The molecule has 0 spiro atoms. The summed E-state index contributed by atoms with van der Waals surface area (Å²) in [5, 5.41) is 0. The van der Waals surface area contributed by atoms with Gasteiger partial charge in [-0.2, -0.15) is 0 Å². The molecule has 2 aromatic carbocycles. The predicted molar refractivity (Wildman–Crippen MR) is 77.5 cm³/mol. The van der Waals surface area contributed by atoms with E-state index in [4.69, 9.17) is 10.5 Å². The Morgan fingerprint density at radius 2 is 1.78 bits per heavy atom. The first-order chi connectivity index (χ1) is 8.47. The summed E-state index contributed by atoms with van der Waals surface area (Å²) >= 11 is 6.51. The minimum atomic E-state index is -0.414. The molecule has 2 nitrogen and oxygen atoms in total. The molecule has 0 bridgehead atoms. The van der Waals surface area contributed by atoms with Crippen LogP contribution in [0.15, 0.2) is 39.3 Å². The summed E-state index contributed by atoms with van der Waals surface area (Å²) in [6.07, 6.45) is 0. The summed E-state index contributed by atoms with van der Waals surface area (Å²) in [6.45, 7) is 1.98. The fourth-order valence-corrected chi connectivity index (χ4v) is 2.34. The second-order valence-electron chi connectivity index (χ2n) is 3.84. The van der Waals surface area contributed by atoms with Crippen LogP contribution in [-0.4, -0.2) is 0 Å². The maximum absolute atomic E-state index is 13.2. The Morgan fingerprint density at radius 1 is 1.06 bits per heavy atom. The van der Waals surface area contributed by atoms with Gasteiger partial charge in [-0.15, -0.1) is 0 Å². The Bertz CT molecular complexity index is 602. The van der Waals surface area contributed by atoms with Crippen molar-refractivity contribution in [1.82, 2.24) is 0 Å². The van der Waals surface area contributed by atoms with Crippen molar-refractivity contribution in [3.8, 4) is 11.5 Å². The lowest BCUT2D eigenvalue weighted by atomic mass is 10.2. The smallest absolute Gasteiger partial charge is 0.151 e. The number of aryl methyl sites for hydroxylation is 1. The quantitative estimate of drug-likeness (QED) is 0.748. The van der Waals surface area contributed by atoms with Crippen LogP contribution in [0.1, 0.15) is 5.56 Å². The maximum atomic E-state index is 13.2. The van der Waals surface area contributed by atoms with E-state index in [1.807, 2.05) is 25.1 Å². The Morgan fingerprint density at radius 3 is 2.44 bits per heavy atom. The highest BCUT2D eigenvalue weighted by Gasteiger charge is 2.09. The van der Waals surface area contributed by atoms with Gasteiger partial charge in [-0.1, -0.05) is 6.07 Å². The van der Waals surface area contributed by atoms with E-state index in [2.05, 4.69) is 31.9 Å². The van der Waals surface area contributed by atoms with Crippen LogP contribution in [0.2, 0.25) is 0 Å². The average molecular weight is 375 g/mol. The topological polar surface area (TPSA) is 35.2 Å². The van der Waals surface area contributed by atoms with Crippen LogP contribution in [-0.2, 0) is 0 Å². The number of anilines is 1. The zero-order valence-corrected chi connectivity index (χ0v) is 12.7. The minimum absolute atomic E-state index is 0.253. The Labute approximate surface area is 121 Å². The van der Waals surface area contributed by atoms with E-state index in [1.54, 1.807) is 0 Å². The summed E-state index contributed by atoms with van der Waals surface area (Å²) in [5.74, 6) is 0.626. The summed E-state index contributed by atoms with van der Waals surface area (Å²) in [4.78, 5) is 0. The molecule has 2 N–H and O–H groups in total. The summed E-state index contributed by atoms with van der Waals surface area (Å²) in [5.41, 5.74) is 7.08. The molecule has 0 saturated carbocycles. The van der Waals surface area contributed by atoms with Crippen LogP contribution in [0.3, 0.4) is 0 Å². The second kappa shape index (κ2) is 5.28. The van der Waals surface area contributed by atoms with Gasteiger partial charge >= 0.3 is 0 Å². The van der Waals surface area contributed by atoms with Gasteiger partial charge in [0.05, 0.1) is 14.6 Å². The molecule has 18 heavy (non-hydrogen) atoms. The van der Waals surface area contributed by atoms with Crippen molar-refractivity contribution in [3.05, 3.63) is 50.7 Å². The highest BCUT2D eigenvalue weighted by molar-refractivity contribution is 9.10. The van der Waals surface area contributed by atoms with Gasteiger partial charge in [-0.25, -0.2) is 4.39 Å². The first-order valence-electron chi connectivity index (χ1n) is 5.16. The zero-order chi connectivity index (χ0) is 13.3. The number of benzene rings is 2. The fourth-order valence-electron chi connectivity index (χ4n) is 1.44. The van der Waals surface area contributed by atoms with E-state index in [-0.39, 0.29) is 5.69 Å². The summed E-state index contributed by atoms with van der Waals surface area (Å²) in [7, 11) is 0. The number of hydrogen-bond acceptors (Lipinski definition) is 2. The number of nitrogen functional groups attached to an aromatic ring is 1. The molecule has 0 aliphatic carbocycles. The zero-order valence-electron chi connectivity index (χ0n) is 9.51. The van der Waals surface area contributed by atoms with Gasteiger partial charge in [-0.3, -0.25) is 0 Å². The third-order valence-electron chi connectivity index (χ3n) is 2.36. The van der Waals surface area contributed by atoms with E-state index in [0.717, 1.165) is 10.0 Å². The van der Waals surface area contributed by atoms with E-state index in [0.29, 0.717) is 16.0 Å². The van der Waals surface area contributed by atoms with E-state index in [1.165, 1.54) is 12.1 Å². The first-order valence-corrected chi connectivity index (χ1v) is 6.74. The van der Waals surface area contributed by atoms with Crippen LogP contribution in [0.25, 0.3) is 0 Å². The molecule has 0 unspecified atom stereocenters. The van der Waals surface area contributed by atoms with Gasteiger partial charge in [0.2, 0.25) is 0 Å². The third kappa shape index (κ3) is 2.84. The molecule has 0 aliphatic rings. The van der Waals surface area contributed by atoms with Crippen molar-refractivity contribution in [1.29, 1.82) is 0 Å². The van der Waals surface area contributed by atoms with Crippen LogP contribution in [0.4, 0.5) is 10.1 Å². The van der Waals surface area contributed by atoms with Crippen LogP contribution in [0.5, 0.6) is 11.5 Å². The second-order valence-corrected chi connectivity index (χ2v) is 5.55. The lowest BCUT2D eigenvalue weighted by Crippen LogP contribution is -1.94. The fraction of sp³-hybridized carbons (Fsp3) is 0.0769. The van der Waals surface area contributed by atoms with Crippen LogP contribution >= 0.6 is 31.9 Å². The van der Waals surface area contributed by atoms with Gasteiger partial charge in [0.25, 0.3) is 0 Å². The Kier molecular flexibility index (Phi) is 3.92. The van der Waals surface area contributed by atoms with Crippen molar-refractivity contribution < 1.29 is 9.13 Å². The predicted octanol–water partition coefficient (Wildman–Crippen LogP) is 5.03. The van der Waals surface area contributed by atoms with Crippen molar-refractivity contribution in [2.45, 2.75) is 6.92 Å². The van der Waals surface area contributed by atoms with Crippen molar-refractivity contribution in [2.24, 2.45) is 0 Å². The SMILES string of the molecule is Cc1ccc(Oc2cc(Br)c(F)cc2N)c(Br)c1. The molecule has 0 saturated heterocycles. The molecule has 0 amide bonds.